The van der Waals surface area contributed by atoms with Gasteiger partial charge in [-0.1, -0.05) is 18.9 Å². The third kappa shape index (κ3) is 5.73. The molecule has 0 unspecified atom stereocenters. The lowest BCUT2D eigenvalue weighted by Crippen LogP contribution is -2.28. The third-order valence-corrected chi connectivity index (χ3v) is 5.62. The molecule has 0 atom stereocenters. The first-order valence-corrected chi connectivity index (χ1v) is 11.4. The molecule has 0 radical (unpaired) electrons. The van der Waals surface area contributed by atoms with Gasteiger partial charge >= 0.3 is 0 Å². The highest BCUT2D eigenvalue weighted by Crippen LogP contribution is 2.48. The minimum absolute atomic E-state index is 0.00541. The summed E-state index contributed by atoms with van der Waals surface area (Å²) in [6, 6.07) is 7.02. The van der Waals surface area contributed by atoms with Gasteiger partial charge in [-0.2, -0.15) is 0 Å². The van der Waals surface area contributed by atoms with Crippen LogP contribution in [0, 0.1) is 24.0 Å². The zero-order valence-electron chi connectivity index (χ0n) is 17.1. The lowest BCUT2D eigenvalue weighted by atomic mass is 9.98. The van der Waals surface area contributed by atoms with Gasteiger partial charge in [0.1, 0.15) is 17.4 Å². The average molecular weight is 448 g/mol. The second-order valence-electron chi connectivity index (χ2n) is 7.79. The third-order valence-electron chi connectivity index (χ3n) is 5.04. The van der Waals surface area contributed by atoms with Crippen LogP contribution in [0.5, 0.6) is 5.75 Å². The van der Waals surface area contributed by atoms with Crippen molar-refractivity contribution in [2.75, 3.05) is 17.6 Å². The van der Waals surface area contributed by atoms with E-state index in [2.05, 4.69) is 11.2 Å². The summed E-state index contributed by atoms with van der Waals surface area (Å²) >= 11 is 0. The quantitative estimate of drug-likeness (QED) is 0.608. The molecule has 1 aliphatic rings. The second kappa shape index (κ2) is 8.55. The van der Waals surface area contributed by atoms with Crippen LogP contribution in [0.4, 0.5) is 14.5 Å². The minimum Gasteiger partial charge on any atom is -0.484 e. The minimum atomic E-state index is -3.71. The number of terminal acetylenes is 1. The van der Waals surface area contributed by atoms with Crippen LogP contribution < -0.4 is 14.8 Å². The molecule has 1 fully saturated rings. The fraction of sp³-hybridized carbons (Fsp3) is 0.318. The van der Waals surface area contributed by atoms with E-state index in [1.54, 1.807) is 12.1 Å². The summed E-state index contributed by atoms with van der Waals surface area (Å²) in [5.74, 6) is 0.729. The van der Waals surface area contributed by atoms with E-state index in [9.17, 15) is 22.0 Å². The monoisotopic (exact) mass is 448 g/mol. The van der Waals surface area contributed by atoms with Gasteiger partial charge in [-0.25, -0.2) is 17.2 Å². The summed E-state index contributed by atoms with van der Waals surface area (Å²) in [6.07, 6.45) is 8.11. The average Bonchev–Trinajstić information content (AvgIpc) is 3.43. The summed E-state index contributed by atoms with van der Waals surface area (Å²) in [5, 5.41) is 2.54. The van der Waals surface area contributed by atoms with Crippen molar-refractivity contribution >= 4 is 21.6 Å². The van der Waals surface area contributed by atoms with E-state index >= 15 is 0 Å². The van der Waals surface area contributed by atoms with E-state index in [1.807, 2.05) is 11.6 Å². The molecule has 0 heterocycles. The number of carbonyl (C=O) groups excluding carboxylic acids is 1. The molecule has 0 saturated heterocycles. The Bertz CT molecular complexity index is 1170. The number of nitrogens with one attached hydrogen (secondary N) is 2. The number of carbonyl (C=O) groups is 1. The molecule has 2 aromatic carbocycles. The predicted molar refractivity (Wildman–Crippen MR) is 113 cm³/mol. The molecule has 0 aromatic heterocycles. The van der Waals surface area contributed by atoms with E-state index in [0.29, 0.717) is 11.1 Å². The number of sulfonamides is 1. The Morgan fingerprint density at radius 3 is 2.52 bits per heavy atom. The second-order valence-corrected chi connectivity index (χ2v) is 9.53. The van der Waals surface area contributed by atoms with Crippen molar-refractivity contribution in [1.29, 1.82) is 0 Å². The van der Waals surface area contributed by atoms with Crippen LogP contribution in [0.3, 0.4) is 0 Å². The highest BCUT2D eigenvalue weighted by atomic mass is 32.2. The maximum Gasteiger partial charge on any atom is 0.258 e. The highest BCUT2D eigenvalue weighted by Gasteiger charge is 2.41. The van der Waals surface area contributed by atoms with Crippen LogP contribution >= 0.6 is 0 Å². The number of anilines is 1. The van der Waals surface area contributed by atoms with E-state index in [1.165, 1.54) is 12.1 Å². The Balaban J connectivity index is 1.58. The summed E-state index contributed by atoms with van der Waals surface area (Å²) < 4.78 is 58.6. The first-order valence-electron chi connectivity index (χ1n) is 9.47. The van der Waals surface area contributed by atoms with Gasteiger partial charge in [0.05, 0.1) is 17.5 Å². The van der Waals surface area contributed by atoms with Gasteiger partial charge in [0.15, 0.2) is 6.61 Å². The van der Waals surface area contributed by atoms with Gasteiger partial charge < -0.3 is 10.1 Å². The van der Waals surface area contributed by atoms with Crippen LogP contribution in [0.1, 0.15) is 36.5 Å². The topological polar surface area (TPSA) is 84.5 Å². The van der Waals surface area contributed by atoms with Gasteiger partial charge in [0.2, 0.25) is 10.0 Å². The number of halogens is 2. The van der Waals surface area contributed by atoms with Crippen molar-refractivity contribution < 1.29 is 26.7 Å². The first-order chi connectivity index (χ1) is 14.5. The maximum absolute atomic E-state index is 14.3. The van der Waals surface area contributed by atoms with Crippen molar-refractivity contribution in [3.63, 3.8) is 0 Å². The number of rotatable bonds is 8. The Labute approximate surface area is 180 Å². The number of hydrogen-bond acceptors (Lipinski definition) is 4. The Hall–Kier alpha value is -3.12. The molecule has 0 aliphatic heterocycles. The smallest absolute Gasteiger partial charge is 0.258 e. The molecular formula is C22H22F2N2O4S. The number of ether oxygens (including phenoxy) is 1. The molecule has 6 nitrogen and oxygen atoms in total. The molecule has 2 N–H and O–H groups in total. The van der Waals surface area contributed by atoms with Crippen molar-refractivity contribution in [2.24, 2.45) is 0 Å². The van der Waals surface area contributed by atoms with Crippen molar-refractivity contribution in [2.45, 2.75) is 31.7 Å². The van der Waals surface area contributed by atoms with Crippen LogP contribution in [-0.2, 0) is 26.8 Å². The molecule has 0 bridgehead atoms. The molecule has 2 aromatic rings. The van der Waals surface area contributed by atoms with E-state index in [0.717, 1.165) is 25.2 Å². The molecule has 1 aliphatic carbocycles. The maximum atomic E-state index is 14.3. The molecule has 1 saturated carbocycles. The van der Waals surface area contributed by atoms with Gasteiger partial charge in [0, 0.05) is 12.6 Å². The molecule has 0 spiro atoms. The standard InChI is InChI=1S/C22H22F2N2O4S/c1-4-15-9-14(10-19(24)21(15)26-31(3,28)29)12-25-20(27)13-30-16-5-6-17(18(23)11-16)22(2)7-8-22/h1,5-6,9-11,26H,7-8,12-13H2,2-3H3,(H,25,27). The van der Waals surface area contributed by atoms with E-state index in [-0.39, 0.29) is 41.4 Å². The Morgan fingerprint density at radius 1 is 1.23 bits per heavy atom. The fourth-order valence-electron chi connectivity index (χ4n) is 3.10. The summed E-state index contributed by atoms with van der Waals surface area (Å²) in [4.78, 5) is 12.0. The first kappa shape index (κ1) is 22.6. The molecule has 9 heteroatoms. The van der Waals surface area contributed by atoms with Crippen LogP contribution in [0.2, 0.25) is 0 Å². The highest BCUT2D eigenvalue weighted by molar-refractivity contribution is 7.92. The Morgan fingerprint density at radius 2 is 1.94 bits per heavy atom. The van der Waals surface area contributed by atoms with Crippen LogP contribution in [-0.4, -0.2) is 27.2 Å². The van der Waals surface area contributed by atoms with E-state index < -0.39 is 21.7 Å². The molecule has 1 amide bonds. The summed E-state index contributed by atoms with van der Waals surface area (Å²) in [5.41, 5.74) is 0.550. The van der Waals surface area contributed by atoms with Crippen molar-refractivity contribution in [3.8, 4) is 18.1 Å². The predicted octanol–water partition coefficient (Wildman–Crippen LogP) is 3.06. The van der Waals surface area contributed by atoms with Gasteiger partial charge in [-0.15, -0.1) is 6.42 Å². The molecule has 3 rings (SSSR count). The van der Waals surface area contributed by atoms with Crippen LogP contribution in [0.15, 0.2) is 30.3 Å². The molecule has 164 valence electrons. The molecular weight excluding hydrogens is 426 g/mol. The van der Waals surface area contributed by atoms with E-state index in [4.69, 9.17) is 11.2 Å². The number of hydrogen-bond donors (Lipinski definition) is 2. The fourth-order valence-corrected chi connectivity index (χ4v) is 3.68. The van der Waals surface area contributed by atoms with Crippen LogP contribution in [0.25, 0.3) is 0 Å². The number of benzene rings is 2. The van der Waals surface area contributed by atoms with Gasteiger partial charge in [0.25, 0.3) is 5.91 Å². The van der Waals surface area contributed by atoms with Crippen molar-refractivity contribution in [3.05, 3.63) is 58.7 Å². The summed E-state index contributed by atoms with van der Waals surface area (Å²) in [7, 11) is -3.71. The van der Waals surface area contributed by atoms with Crippen molar-refractivity contribution in [1.82, 2.24) is 5.32 Å². The zero-order chi connectivity index (χ0) is 22.8. The zero-order valence-corrected chi connectivity index (χ0v) is 17.9. The Kier molecular flexibility index (Phi) is 6.23. The lowest BCUT2D eigenvalue weighted by Gasteiger charge is -2.13. The lowest BCUT2D eigenvalue weighted by molar-refractivity contribution is -0.123. The SMILES string of the molecule is C#Cc1cc(CNC(=O)COc2ccc(C3(C)CC3)c(F)c2)cc(F)c1NS(C)(=O)=O. The van der Waals surface area contributed by atoms with Gasteiger partial charge in [-0.3, -0.25) is 9.52 Å². The summed E-state index contributed by atoms with van der Waals surface area (Å²) in [6.45, 7) is 1.59. The normalized spacial score (nSPS) is 14.4. The number of amides is 1. The van der Waals surface area contributed by atoms with Gasteiger partial charge in [-0.05, 0) is 47.6 Å². The largest absolute Gasteiger partial charge is 0.484 e. The molecule has 31 heavy (non-hydrogen) atoms.